The second kappa shape index (κ2) is 7.37. The van der Waals surface area contributed by atoms with Crippen LogP contribution in [0.25, 0.3) is 0 Å². The smallest absolute Gasteiger partial charge is 0.253 e. The van der Waals surface area contributed by atoms with Crippen LogP contribution in [0.5, 0.6) is 0 Å². The van der Waals surface area contributed by atoms with Crippen molar-refractivity contribution in [2.45, 2.75) is 18.2 Å². The molecule has 0 aliphatic carbocycles. The van der Waals surface area contributed by atoms with Gasteiger partial charge in [-0.2, -0.15) is 4.31 Å². The lowest BCUT2D eigenvalue weighted by atomic mass is 10.1. The highest BCUT2D eigenvalue weighted by atomic mass is 32.2. The topological polar surface area (TPSA) is 57.7 Å². The summed E-state index contributed by atoms with van der Waals surface area (Å²) < 4.78 is 26.7. The third-order valence-corrected chi connectivity index (χ3v) is 6.43. The molecule has 1 fully saturated rings. The van der Waals surface area contributed by atoms with E-state index in [2.05, 4.69) is 6.92 Å². The molecule has 1 amide bonds. The number of aryl methyl sites for hydroxylation is 1. The van der Waals surface area contributed by atoms with Gasteiger partial charge in [-0.15, -0.1) is 0 Å². The predicted molar refractivity (Wildman–Crippen MR) is 96.9 cm³/mol. The SMILES string of the molecule is CCc1ccc(C(=O)N2CCN(S(=O)(=O)c3ccccc3)CC2)cc1. The first kappa shape index (κ1) is 17.6. The summed E-state index contributed by atoms with van der Waals surface area (Å²) in [5.41, 5.74) is 1.84. The molecule has 3 rings (SSSR count). The van der Waals surface area contributed by atoms with E-state index in [4.69, 9.17) is 0 Å². The maximum atomic E-state index is 12.6. The molecule has 25 heavy (non-hydrogen) atoms. The van der Waals surface area contributed by atoms with Crippen LogP contribution in [0.1, 0.15) is 22.8 Å². The third-order valence-electron chi connectivity index (χ3n) is 4.52. The van der Waals surface area contributed by atoms with Gasteiger partial charge in [0.15, 0.2) is 0 Å². The first-order chi connectivity index (χ1) is 12.0. The van der Waals surface area contributed by atoms with E-state index in [1.54, 1.807) is 35.2 Å². The number of nitrogens with zero attached hydrogens (tertiary/aromatic N) is 2. The largest absolute Gasteiger partial charge is 0.336 e. The van der Waals surface area contributed by atoms with E-state index >= 15 is 0 Å². The molecule has 1 saturated heterocycles. The van der Waals surface area contributed by atoms with Gasteiger partial charge in [-0.25, -0.2) is 8.42 Å². The van der Waals surface area contributed by atoms with Crippen molar-refractivity contribution in [1.29, 1.82) is 0 Å². The molecule has 5 nitrogen and oxygen atoms in total. The molecule has 1 heterocycles. The summed E-state index contributed by atoms with van der Waals surface area (Å²) in [6.07, 6.45) is 0.935. The van der Waals surface area contributed by atoms with Gasteiger partial charge < -0.3 is 4.90 Å². The molecule has 6 heteroatoms. The quantitative estimate of drug-likeness (QED) is 0.843. The number of benzene rings is 2. The molecule has 1 aliphatic heterocycles. The molecule has 0 N–H and O–H groups in total. The van der Waals surface area contributed by atoms with Crippen molar-refractivity contribution in [3.63, 3.8) is 0 Å². The Bertz CT molecular complexity index is 825. The average molecular weight is 358 g/mol. The van der Waals surface area contributed by atoms with Gasteiger partial charge in [-0.1, -0.05) is 37.3 Å². The van der Waals surface area contributed by atoms with Gasteiger partial charge in [-0.3, -0.25) is 4.79 Å². The van der Waals surface area contributed by atoms with E-state index in [0.717, 1.165) is 6.42 Å². The number of hydrogen-bond donors (Lipinski definition) is 0. The van der Waals surface area contributed by atoms with Crippen LogP contribution in [0.15, 0.2) is 59.5 Å². The molecule has 0 unspecified atom stereocenters. The zero-order valence-corrected chi connectivity index (χ0v) is 15.1. The summed E-state index contributed by atoms with van der Waals surface area (Å²) in [5.74, 6) is -0.0422. The van der Waals surface area contributed by atoms with E-state index in [9.17, 15) is 13.2 Å². The minimum absolute atomic E-state index is 0.0422. The van der Waals surface area contributed by atoms with Gasteiger partial charge in [0, 0.05) is 31.7 Å². The fourth-order valence-corrected chi connectivity index (χ4v) is 4.38. The van der Waals surface area contributed by atoms with Crippen LogP contribution >= 0.6 is 0 Å². The number of piperazine rings is 1. The monoisotopic (exact) mass is 358 g/mol. The van der Waals surface area contributed by atoms with Crippen LogP contribution in [0.4, 0.5) is 0 Å². The van der Waals surface area contributed by atoms with Crippen LogP contribution in [0.2, 0.25) is 0 Å². The van der Waals surface area contributed by atoms with Crippen LogP contribution in [-0.2, 0) is 16.4 Å². The summed E-state index contributed by atoms with van der Waals surface area (Å²) >= 11 is 0. The average Bonchev–Trinajstić information content (AvgIpc) is 2.68. The van der Waals surface area contributed by atoms with E-state index < -0.39 is 10.0 Å². The minimum atomic E-state index is -3.49. The van der Waals surface area contributed by atoms with Crippen LogP contribution in [0, 0.1) is 0 Å². The first-order valence-electron chi connectivity index (χ1n) is 8.46. The summed E-state index contributed by atoms with van der Waals surface area (Å²) in [5, 5.41) is 0. The number of carbonyl (C=O) groups excluding carboxylic acids is 1. The standard InChI is InChI=1S/C19H22N2O3S/c1-2-16-8-10-17(11-9-16)19(22)20-12-14-21(15-13-20)25(23,24)18-6-4-3-5-7-18/h3-11H,2,12-15H2,1H3. The molecule has 0 radical (unpaired) electrons. The second-order valence-electron chi connectivity index (χ2n) is 6.06. The Balaban J connectivity index is 1.66. The number of amides is 1. The molecule has 1 aliphatic rings. The molecule has 0 spiro atoms. The van der Waals surface area contributed by atoms with Crippen molar-refractivity contribution in [2.75, 3.05) is 26.2 Å². The molecule has 2 aromatic carbocycles. The van der Waals surface area contributed by atoms with Gasteiger partial charge in [-0.05, 0) is 36.2 Å². The van der Waals surface area contributed by atoms with Crippen LogP contribution in [-0.4, -0.2) is 49.7 Å². The zero-order valence-electron chi connectivity index (χ0n) is 14.3. The Labute approximate surface area is 148 Å². The lowest BCUT2D eigenvalue weighted by molar-refractivity contribution is 0.0698. The number of rotatable bonds is 4. The molecule has 2 aromatic rings. The van der Waals surface area contributed by atoms with Crippen molar-refractivity contribution >= 4 is 15.9 Å². The van der Waals surface area contributed by atoms with Gasteiger partial charge in [0.2, 0.25) is 10.0 Å². The van der Waals surface area contributed by atoms with E-state index in [1.807, 2.05) is 24.3 Å². The Morgan fingerprint density at radius 2 is 1.52 bits per heavy atom. The number of carbonyl (C=O) groups is 1. The third kappa shape index (κ3) is 3.75. The highest BCUT2D eigenvalue weighted by Crippen LogP contribution is 2.18. The van der Waals surface area contributed by atoms with Crippen LogP contribution < -0.4 is 0 Å². The maximum Gasteiger partial charge on any atom is 0.253 e. The molecule has 0 saturated carbocycles. The van der Waals surface area contributed by atoms with Crippen molar-refractivity contribution in [3.05, 3.63) is 65.7 Å². The zero-order chi connectivity index (χ0) is 17.9. The summed E-state index contributed by atoms with van der Waals surface area (Å²) in [6, 6.07) is 16.0. The van der Waals surface area contributed by atoms with E-state index in [-0.39, 0.29) is 5.91 Å². The fourth-order valence-electron chi connectivity index (χ4n) is 2.94. The highest BCUT2D eigenvalue weighted by Gasteiger charge is 2.30. The Morgan fingerprint density at radius 3 is 2.08 bits per heavy atom. The Morgan fingerprint density at radius 1 is 0.920 bits per heavy atom. The van der Waals surface area contributed by atoms with Crippen molar-refractivity contribution in [2.24, 2.45) is 0 Å². The lowest BCUT2D eigenvalue weighted by Gasteiger charge is -2.34. The van der Waals surface area contributed by atoms with Gasteiger partial charge in [0.05, 0.1) is 4.90 Å². The predicted octanol–water partition coefficient (Wildman–Crippen LogP) is 2.40. The Kier molecular flexibility index (Phi) is 5.20. The van der Waals surface area contributed by atoms with E-state index in [1.165, 1.54) is 9.87 Å². The highest BCUT2D eigenvalue weighted by molar-refractivity contribution is 7.89. The minimum Gasteiger partial charge on any atom is -0.336 e. The molecular formula is C19H22N2O3S. The van der Waals surface area contributed by atoms with Crippen molar-refractivity contribution < 1.29 is 13.2 Å². The normalized spacial score (nSPS) is 16.0. The number of sulfonamides is 1. The van der Waals surface area contributed by atoms with Crippen molar-refractivity contribution in [1.82, 2.24) is 9.21 Å². The van der Waals surface area contributed by atoms with Gasteiger partial charge >= 0.3 is 0 Å². The summed E-state index contributed by atoms with van der Waals surface area (Å²) in [6.45, 7) is 3.51. The van der Waals surface area contributed by atoms with Crippen LogP contribution in [0.3, 0.4) is 0 Å². The van der Waals surface area contributed by atoms with Gasteiger partial charge in [0.1, 0.15) is 0 Å². The Hall–Kier alpha value is -2.18. The maximum absolute atomic E-state index is 12.6. The lowest BCUT2D eigenvalue weighted by Crippen LogP contribution is -2.50. The second-order valence-corrected chi connectivity index (χ2v) is 8.00. The molecule has 0 aromatic heterocycles. The fraction of sp³-hybridized carbons (Fsp3) is 0.316. The first-order valence-corrected chi connectivity index (χ1v) is 9.90. The molecule has 0 bridgehead atoms. The summed E-state index contributed by atoms with van der Waals surface area (Å²) in [4.78, 5) is 14.6. The van der Waals surface area contributed by atoms with Crippen molar-refractivity contribution in [3.8, 4) is 0 Å². The van der Waals surface area contributed by atoms with E-state index in [0.29, 0.717) is 36.6 Å². The van der Waals surface area contributed by atoms with Gasteiger partial charge in [0.25, 0.3) is 5.91 Å². The molecule has 0 atom stereocenters. The molecule has 132 valence electrons. The molecular weight excluding hydrogens is 336 g/mol. The summed E-state index contributed by atoms with van der Waals surface area (Å²) in [7, 11) is -3.49. The number of hydrogen-bond acceptors (Lipinski definition) is 3.